The predicted molar refractivity (Wildman–Crippen MR) is 136 cm³/mol. The molecule has 4 rings (SSSR count). The van der Waals surface area contributed by atoms with Gasteiger partial charge in [-0.3, -0.25) is 4.79 Å². The molecule has 0 spiro atoms. The molecule has 1 aromatic carbocycles. The van der Waals surface area contributed by atoms with Gasteiger partial charge in [0.2, 0.25) is 5.91 Å². The maximum absolute atomic E-state index is 10.6. The van der Waals surface area contributed by atoms with E-state index in [1.807, 2.05) is 0 Å². The minimum atomic E-state index is -1.06. The summed E-state index contributed by atoms with van der Waals surface area (Å²) in [4.78, 5) is 31.2. The zero-order chi connectivity index (χ0) is 25.6. The maximum Gasteiger partial charge on any atom is 0.335 e. The fraction of sp³-hybridized carbons (Fsp3) is 0.667. The lowest BCUT2D eigenvalue weighted by Gasteiger charge is -2.32. The Balaban J connectivity index is 0.000000194. The van der Waals surface area contributed by atoms with Crippen molar-refractivity contribution in [2.24, 2.45) is 23.3 Å². The SMILES string of the molecule is NC1CCC(CC2CCC(N)CC2)CC1.O=C(O)c1ccc(C(=O)O)cc1.O=C1CCCCCN1. The number of rotatable bonds is 4. The molecule has 1 saturated heterocycles. The minimum absolute atomic E-state index is 0.0833. The Bertz CT molecular complexity index is 720. The normalized spacial score (nSPS) is 26.5. The first-order chi connectivity index (χ1) is 16.7. The molecule has 0 unspecified atom stereocenters. The highest BCUT2D eigenvalue weighted by molar-refractivity contribution is 5.91. The molecule has 1 aliphatic heterocycles. The zero-order valence-corrected chi connectivity index (χ0v) is 20.8. The summed E-state index contributed by atoms with van der Waals surface area (Å²) in [5.74, 6) is 0.0506. The number of carboxylic acid groups (broad SMARTS) is 2. The Hall–Kier alpha value is -2.45. The standard InChI is InChI=1S/C13H26N2.C8H6O4.C6H11NO/c14-12-5-1-10(2-6-12)9-11-3-7-13(15)8-4-11;9-7(10)5-1-2-6(4-3-5)8(11)12;8-6-4-2-1-3-5-7-6/h10-13H,1-9,14-15H2;1-4H,(H,9,10)(H,11,12);1-5H2,(H,7,8). The van der Waals surface area contributed by atoms with E-state index in [9.17, 15) is 14.4 Å². The molecule has 0 aromatic heterocycles. The highest BCUT2D eigenvalue weighted by Gasteiger charge is 2.24. The van der Waals surface area contributed by atoms with E-state index < -0.39 is 11.9 Å². The Kier molecular flexibility index (Phi) is 12.8. The first kappa shape index (κ1) is 28.8. The fourth-order valence-electron chi connectivity index (χ4n) is 4.98. The monoisotopic (exact) mass is 489 g/mol. The van der Waals surface area contributed by atoms with Crippen LogP contribution in [-0.4, -0.2) is 46.7 Å². The molecule has 1 amide bonds. The molecular weight excluding hydrogens is 446 g/mol. The number of carbonyl (C=O) groups is 3. The second kappa shape index (κ2) is 15.5. The first-order valence-electron chi connectivity index (χ1n) is 13.1. The third kappa shape index (κ3) is 11.7. The largest absolute Gasteiger partial charge is 0.478 e. The lowest BCUT2D eigenvalue weighted by atomic mass is 9.76. The average molecular weight is 490 g/mol. The van der Waals surface area contributed by atoms with Crippen molar-refractivity contribution in [3.63, 3.8) is 0 Å². The summed E-state index contributed by atoms with van der Waals surface area (Å²) in [5.41, 5.74) is 12.0. The molecule has 8 heteroatoms. The number of hydrogen-bond acceptors (Lipinski definition) is 5. The van der Waals surface area contributed by atoms with E-state index >= 15 is 0 Å². The molecular formula is C27H43N3O5. The van der Waals surface area contributed by atoms with Gasteiger partial charge in [-0.1, -0.05) is 6.42 Å². The van der Waals surface area contributed by atoms with Crippen LogP contribution < -0.4 is 16.8 Å². The van der Waals surface area contributed by atoms with Gasteiger partial charge in [0.15, 0.2) is 0 Å². The van der Waals surface area contributed by atoms with Crippen LogP contribution in [0.15, 0.2) is 24.3 Å². The van der Waals surface area contributed by atoms with Gasteiger partial charge in [-0.05, 0) is 107 Å². The summed E-state index contributed by atoms with van der Waals surface area (Å²) in [5, 5.41) is 19.7. The highest BCUT2D eigenvalue weighted by atomic mass is 16.4. The zero-order valence-electron chi connectivity index (χ0n) is 20.8. The van der Waals surface area contributed by atoms with Crippen molar-refractivity contribution >= 4 is 17.8 Å². The molecule has 3 fully saturated rings. The van der Waals surface area contributed by atoms with Crippen molar-refractivity contribution in [2.75, 3.05) is 6.54 Å². The topological polar surface area (TPSA) is 156 Å². The second-order valence-corrected chi connectivity index (χ2v) is 10.1. The molecule has 35 heavy (non-hydrogen) atoms. The molecule has 7 N–H and O–H groups in total. The van der Waals surface area contributed by atoms with Gasteiger partial charge in [0, 0.05) is 25.0 Å². The van der Waals surface area contributed by atoms with Crippen molar-refractivity contribution in [1.82, 2.24) is 5.32 Å². The van der Waals surface area contributed by atoms with Crippen molar-refractivity contribution in [3.05, 3.63) is 35.4 Å². The number of aromatic carboxylic acids is 2. The van der Waals surface area contributed by atoms with Crippen LogP contribution in [0.5, 0.6) is 0 Å². The van der Waals surface area contributed by atoms with Gasteiger partial charge < -0.3 is 27.0 Å². The van der Waals surface area contributed by atoms with Crippen LogP contribution in [0, 0.1) is 11.8 Å². The van der Waals surface area contributed by atoms with Crippen LogP contribution in [0.25, 0.3) is 0 Å². The minimum Gasteiger partial charge on any atom is -0.478 e. The van der Waals surface area contributed by atoms with E-state index in [-0.39, 0.29) is 17.0 Å². The molecule has 196 valence electrons. The summed E-state index contributed by atoms with van der Waals surface area (Å²) in [6.45, 7) is 0.888. The predicted octanol–water partition coefficient (Wildman–Crippen LogP) is 4.17. The van der Waals surface area contributed by atoms with E-state index in [1.54, 1.807) is 0 Å². The quantitative estimate of drug-likeness (QED) is 0.425. The molecule has 0 radical (unpaired) electrons. The maximum atomic E-state index is 10.6. The van der Waals surface area contributed by atoms with E-state index in [0.29, 0.717) is 12.1 Å². The second-order valence-electron chi connectivity index (χ2n) is 10.1. The summed E-state index contributed by atoms with van der Waals surface area (Å²) in [6, 6.07) is 6.02. The van der Waals surface area contributed by atoms with Crippen molar-refractivity contribution in [3.8, 4) is 0 Å². The number of amides is 1. The average Bonchev–Trinajstić information content (AvgIpc) is 3.10. The van der Waals surface area contributed by atoms with Crippen molar-refractivity contribution < 1.29 is 24.6 Å². The lowest BCUT2D eigenvalue weighted by Crippen LogP contribution is -2.30. The van der Waals surface area contributed by atoms with Crippen LogP contribution in [-0.2, 0) is 4.79 Å². The number of nitrogens with two attached hydrogens (primary N) is 2. The van der Waals surface area contributed by atoms with E-state index in [4.69, 9.17) is 21.7 Å². The number of benzene rings is 1. The Morgan fingerprint density at radius 3 is 1.57 bits per heavy atom. The van der Waals surface area contributed by atoms with Gasteiger partial charge in [0.05, 0.1) is 11.1 Å². The van der Waals surface area contributed by atoms with Crippen LogP contribution >= 0.6 is 0 Å². The number of carbonyl (C=O) groups excluding carboxylic acids is 1. The first-order valence-corrected chi connectivity index (χ1v) is 13.1. The van der Waals surface area contributed by atoms with E-state index in [1.165, 1.54) is 88.5 Å². The van der Waals surface area contributed by atoms with Gasteiger partial charge in [-0.2, -0.15) is 0 Å². The smallest absolute Gasteiger partial charge is 0.335 e. The van der Waals surface area contributed by atoms with Gasteiger partial charge in [-0.15, -0.1) is 0 Å². The third-order valence-electron chi connectivity index (χ3n) is 7.23. The molecule has 2 aliphatic carbocycles. The van der Waals surface area contributed by atoms with Crippen LogP contribution in [0.1, 0.15) is 104 Å². The Labute approximate surface area is 208 Å². The molecule has 2 saturated carbocycles. The number of hydrogen-bond donors (Lipinski definition) is 5. The number of nitrogens with one attached hydrogen (secondary N) is 1. The summed E-state index contributed by atoms with van der Waals surface area (Å²) in [6.07, 6.45) is 16.2. The van der Waals surface area contributed by atoms with Gasteiger partial charge >= 0.3 is 11.9 Å². The summed E-state index contributed by atoms with van der Waals surface area (Å²) < 4.78 is 0. The molecule has 0 bridgehead atoms. The molecule has 1 heterocycles. The lowest BCUT2D eigenvalue weighted by molar-refractivity contribution is -0.120. The van der Waals surface area contributed by atoms with E-state index in [0.717, 1.165) is 37.6 Å². The van der Waals surface area contributed by atoms with Gasteiger partial charge in [0.1, 0.15) is 0 Å². The summed E-state index contributed by atoms with van der Waals surface area (Å²) >= 11 is 0. The molecule has 0 atom stereocenters. The van der Waals surface area contributed by atoms with Crippen LogP contribution in [0.4, 0.5) is 0 Å². The fourth-order valence-corrected chi connectivity index (χ4v) is 4.98. The summed E-state index contributed by atoms with van der Waals surface area (Å²) in [7, 11) is 0. The van der Waals surface area contributed by atoms with Crippen LogP contribution in [0.2, 0.25) is 0 Å². The van der Waals surface area contributed by atoms with Gasteiger partial charge in [-0.25, -0.2) is 9.59 Å². The van der Waals surface area contributed by atoms with E-state index in [2.05, 4.69) is 5.32 Å². The molecule has 8 nitrogen and oxygen atoms in total. The van der Waals surface area contributed by atoms with Crippen molar-refractivity contribution in [1.29, 1.82) is 0 Å². The Morgan fingerprint density at radius 1 is 0.743 bits per heavy atom. The Morgan fingerprint density at radius 2 is 1.17 bits per heavy atom. The molecule has 1 aromatic rings. The number of carboxylic acids is 2. The highest BCUT2D eigenvalue weighted by Crippen LogP contribution is 2.34. The van der Waals surface area contributed by atoms with Crippen molar-refractivity contribution in [2.45, 2.75) is 95.6 Å². The third-order valence-corrected chi connectivity index (χ3v) is 7.23. The van der Waals surface area contributed by atoms with Gasteiger partial charge in [0.25, 0.3) is 0 Å². The van der Waals surface area contributed by atoms with Crippen LogP contribution in [0.3, 0.4) is 0 Å². The molecule has 3 aliphatic rings.